The molecule has 1 N–H and O–H groups in total. The summed E-state index contributed by atoms with van der Waals surface area (Å²) in [6.07, 6.45) is 1.58. The SMILES string of the molecule is Cc1ccc(NC(=O)Cc2ccc(N3CCCC3=O)cc2)cc1S(=O)(=O)N1CCOCC1. The number of aryl methyl sites for hydroxylation is 1. The van der Waals surface area contributed by atoms with Crippen LogP contribution in [0.3, 0.4) is 0 Å². The smallest absolute Gasteiger partial charge is 0.243 e. The van der Waals surface area contributed by atoms with Gasteiger partial charge in [-0.05, 0) is 48.7 Å². The van der Waals surface area contributed by atoms with Crippen LogP contribution in [-0.2, 0) is 30.8 Å². The molecule has 2 aromatic rings. The zero-order chi connectivity index (χ0) is 22.7. The van der Waals surface area contributed by atoms with Crippen molar-refractivity contribution in [2.75, 3.05) is 43.1 Å². The van der Waals surface area contributed by atoms with Crippen LogP contribution in [0.4, 0.5) is 11.4 Å². The number of ether oxygens (including phenoxy) is 1. The molecule has 2 saturated heterocycles. The van der Waals surface area contributed by atoms with E-state index in [0.29, 0.717) is 44.0 Å². The van der Waals surface area contributed by atoms with Crippen LogP contribution in [0.1, 0.15) is 24.0 Å². The highest BCUT2D eigenvalue weighted by atomic mass is 32.2. The van der Waals surface area contributed by atoms with Crippen LogP contribution in [0, 0.1) is 6.92 Å². The van der Waals surface area contributed by atoms with Crippen molar-refractivity contribution in [2.45, 2.75) is 31.1 Å². The number of amides is 2. The number of anilines is 2. The van der Waals surface area contributed by atoms with Crippen molar-refractivity contribution in [1.82, 2.24) is 4.31 Å². The van der Waals surface area contributed by atoms with E-state index in [0.717, 1.165) is 24.2 Å². The lowest BCUT2D eigenvalue weighted by atomic mass is 10.1. The van der Waals surface area contributed by atoms with Gasteiger partial charge in [0, 0.05) is 37.4 Å². The number of rotatable bonds is 6. The maximum absolute atomic E-state index is 13.0. The molecule has 2 amide bonds. The summed E-state index contributed by atoms with van der Waals surface area (Å²) in [6, 6.07) is 12.3. The van der Waals surface area contributed by atoms with E-state index in [1.807, 2.05) is 24.3 Å². The third-order valence-corrected chi connectivity index (χ3v) is 7.79. The van der Waals surface area contributed by atoms with Crippen molar-refractivity contribution in [3.8, 4) is 0 Å². The van der Waals surface area contributed by atoms with Gasteiger partial charge in [-0.3, -0.25) is 9.59 Å². The fourth-order valence-electron chi connectivity index (χ4n) is 3.99. The highest BCUT2D eigenvalue weighted by molar-refractivity contribution is 7.89. The van der Waals surface area contributed by atoms with E-state index in [1.54, 1.807) is 24.0 Å². The second-order valence-electron chi connectivity index (χ2n) is 8.04. The molecular weight excluding hydrogens is 430 g/mol. The van der Waals surface area contributed by atoms with Gasteiger partial charge in [0.2, 0.25) is 21.8 Å². The normalized spacial score (nSPS) is 17.5. The molecule has 2 fully saturated rings. The molecule has 0 aliphatic carbocycles. The average molecular weight is 458 g/mol. The lowest BCUT2D eigenvalue weighted by Gasteiger charge is -2.26. The highest BCUT2D eigenvalue weighted by Gasteiger charge is 2.28. The van der Waals surface area contributed by atoms with Gasteiger partial charge in [0.1, 0.15) is 0 Å². The van der Waals surface area contributed by atoms with Crippen molar-refractivity contribution in [3.05, 3.63) is 53.6 Å². The molecule has 9 heteroatoms. The molecule has 0 aromatic heterocycles. The zero-order valence-corrected chi connectivity index (χ0v) is 18.9. The molecule has 2 aromatic carbocycles. The Balaban J connectivity index is 1.43. The Hall–Kier alpha value is -2.75. The lowest BCUT2D eigenvalue weighted by molar-refractivity contribution is -0.117. The number of carbonyl (C=O) groups is 2. The molecule has 8 nitrogen and oxygen atoms in total. The van der Waals surface area contributed by atoms with E-state index in [4.69, 9.17) is 4.74 Å². The Morgan fingerprint density at radius 1 is 1.06 bits per heavy atom. The summed E-state index contributed by atoms with van der Waals surface area (Å²) in [6.45, 7) is 3.85. The van der Waals surface area contributed by atoms with Crippen LogP contribution >= 0.6 is 0 Å². The van der Waals surface area contributed by atoms with Crippen molar-refractivity contribution in [3.63, 3.8) is 0 Å². The van der Waals surface area contributed by atoms with Crippen LogP contribution in [0.2, 0.25) is 0 Å². The molecular formula is C23H27N3O5S. The monoisotopic (exact) mass is 457 g/mol. The predicted octanol–water partition coefficient (Wildman–Crippen LogP) is 2.32. The van der Waals surface area contributed by atoms with Gasteiger partial charge in [-0.1, -0.05) is 18.2 Å². The summed E-state index contributed by atoms with van der Waals surface area (Å²) in [5.41, 5.74) is 2.72. The Morgan fingerprint density at radius 3 is 2.44 bits per heavy atom. The van der Waals surface area contributed by atoms with Gasteiger partial charge in [-0.2, -0.15) is 4.31 Å². The van der Waals surface area contributed by atoms with Crippen LogP contribution in [0.5, 0.6) is 0 Å². The number of morpholine rings is 1. The van der Waals surface area contributed by atoms with E-state index >= 15 is 0 Å². The maximum Gasteiger partial charge on any atom is 0.243 e. The fraction of sp³-hybridized carbons (Fsp3) is 0.391. The van der Waals surface area contributed by atoms with Gasteiger partial charge in [0.15, 0.2) is 0 Å². The van der Waals surface area contributed by atoms with Gasteiger partial charge >= 0.3 is 0 Å². The van der Waals surface area contributed by atoms with E-state index in [1.165, 1.54) is 10.4 Å². The summed E-state index contributed by atoms with van der Waals surface area (Å²) in [5.74, 6) is -0.119. The summed E-state index contributed by atoms with van der Waals surface area (Å²) in [7, 11) is -3.66. The van der Waals surface area contributed by atoms with E-state index in [2.05, 4.69) is 5.32 Å². The minimum atomic E-state index is -3.66. The molecule has 0 atom stereocenters. The number of benzene rings is 2. The number of carbonyl (C=O) groups excluding carboxylic acids is 2. The topological polar surface area (TPSA) is 96.0 Å². The Morgan fingerprint density at radius 2 is 1.78 bits per heavy atom. The fourth-order valence-corrected chi connectivity index (χ4v) is 5.65. The summed E-state index contributed by atoms with van der Waals surface area (Å²) >= 11 is 0. The molecule has 2 aliphatic heterocycles. The van der Waals surface area contributed by atoms with Gasteiger partial charge in [-0.25, -0.2) is 8.42 Å². The van der Waals surface area contributed by atoms with Crippen molar-refractivity contribution in [2.24, 2.45) is 0 Å². The van der Waals surface area contributed by atoms with Crippen molar-refractivity contribution < 1.29 is 22.7 Å². The lowest BCUT2D eigenvalue weighted by Crippen LogP contribution is -2.40. The first-order chi connectivity index (χ1) is 15.3. The number of nitrogens with zero attached hydrogens (tertiary/aromatic N) is 2. The first-order valence-corrected chi connectivity index (χ1v) is 12.2. The van der Waals surface area contributed by atoms with Gasteiger partial charge in [0.05, 0.1) is 24.5 Å². The van der Waals surface area contributed by atoms with Crippen LogP contribution in [0.25, 0.3) is 0 Å². The predicted molar refractivity (Wildman–Crippen MR) is 121 cm³/mol. The largest absolute Gasteiger partial charge is 0.379 e. The number of nitrogens with one attached hydrogen (secondary N) is 1. The molecule has 0 unspecified atom stereocenters. The molecule has 0 radical (unpaired) electrons. The third kappa shape index (κ3) is 4.85. The molecule has 0 spiro atoms. The molecule has 170 valence electrons. The Bertz CT molecular complexity index is 1110. The number of hydrogen-bond acceptors (Lipinski definition) is 5. The first kappa shape index (κ1) is 22.4. The van der Waals surface area contributed by atoms with Crippen LogP contribution in [0.15, 0.2) is 47.4 Å². The summed E-state index contributed by atoms with van der Waals surface area (Å²) in [5, 5.41) is 2.80. The van der Waals surface area contributed by atoms with Crippen molar-refractivity contribution >= 4 is 33.2 Å². The molecule has 4 rings (SSSR count). The quantitative estimate of drug-likeness (QED) is 0.718. The van der Waals surface area contributed by atoms with Gasteiger partial charge < -0.3 is 15.0 Å². The van der Waals surface area contributed by atoms with Gasteiger partial charge in [0.25, 0.3) is 0 Å². The minimum Gasteiger partial charge on any atom is -0.379 e. The summed E-state index contributed by atoms with van der Waals surface area (Å²) in [4.78, 5) is 26.4. The van der Waals surface area contributed by atoms with E-state index in [9.17, 15) is 18.0 Å². The Kier molecular flexibility index (Phi) is 6.59. The van der Waals surface area contributed by atoms with Crippen LogP contribution < -0.4 is 10.2 Å². The molecule has 0 saturated carbocycles. The Labute approximate surface area is 188 Å². The average Bonchev–Trinajstić information content (AvgIpc) is 3.22. The minimum absolute atomic E-state index is 0.123. The maximum atomic E-state index is 13.0. The highest BCUT2D eigenvalue weighted by Crippen LogP contribution is 2.25. The molecule has 32 heavy (non-hydrogen) atoms. The second kappa shape index (κ2) is 9.40. The van der Waals surface area contributed by atoms with E-state index in [-0.39, 0.29) is 23.1 Å². The van der Waals surface area contributed by atoms with E-state index < -0.39 is 10.0 Å². The zero-order valence-electron chi connectivity index (χ0n) is 18.0. The molecule has 0 bridgehead atoms. The van der Waals surface area contributed by atoms with Crippen LogP contribution in [-0.4, -0.2) is 57.4 Å². The van der Waals surface area contributed by atoms with Crippen molar-refractivity contribution in [1.29, 1.82) is 0 Å². The third-order valence-electron chi connectivity index (χ3n) is 5.75. The second-order valence-corrected chi connectivity index (χ2v) is 9.94. The van der Waals surface area contributed by atoms with Gasteiger partial charge in [-0.15, -0.1) is 0 Å². The first-order valence-electron chi connectivity index (χ1n) is 10.7. The standard InChI is InChI=1S/C23H27N3O5S/c1-17-4-7-19(16-21(17)32(29,30)25-11-13-31-14-12-25)24-22(27)15-18-5-8-20(9-6-18)26-10-2-3-23(26)28/h4-9,16H,2-3,10-15H2,1H3,(H,24,27). The number of sulfonamides is 1. The number of hydrogen-bond donors (Lipinski definition) is 1. The molecule has 2 heterocycles. The summed E-state index contributed by atoms with van der Waals surface area (Å²) < 4.78 is 32.7. The molecule has 2 aliphatic rings.